The third kappa shape index (κ3) is 5.10. The number of nitrogens with one attached hydrogen (secondary N) is 1. The molecule has 0 saturated heterocycles. The van der Waals surface area contributed by atoms with Crippen molar-refractivity contribution in [2.24, 2.45) is 0 Å². The molecule has 0 fully saturated rings. The van der Waals surface area contributed by atoms with Crippen LogP contribution in [0.1, 0.15) is 12.8 Å². The van der Waals surface area contributed by atoms with Gasteiger partial charge < -0.3 is 25.4 Å². The zero-order valence-electron chi connectivity index (χ0n) is 17.7. The van der Waals surface area contributed by atoms with E-state index in [9.17, 15) is 0 Å². The molecule has 0 atom stereocenters. The van der Waals surface area contributed by atoms with Gasteiger partial charge in [-0.3, -0.25) is 0 Å². The number of fused-ring (bicyclic) bond motifs is 1. The van der Waals surface area contributed by atoms with E-state index in [1.807, 2.05) is 18.2 Å². The molecular formula is C23H26N6O2. The van der Waals surface area contributed by atoms with Crippen LogP contribution < -0.4 is 15.8 Å². The number of hydrogen-bond acceptors (Lipinski definition) is 8. The van der Waals surface area contributed by atoms with Gasteiger partial charge in [0.05, 0.1) is 17.8 Å². The molecule has 1 aliphatic rings. The number of likely N-dealkylation sites (N-methyl/N-ethyl adjacent to an activating group) is 1. The Morgan fingerprint density at radius 3 is 2.87 bits per heavy atom. The normalized spacial score (nSPS) is 13.5. The molecule has 0 amide bonds. The highest BCUT2D eigenvalue weighted by Crippen LogP contribution is 2.27. The Balaban J connectivity index is 1.53. The first kappa shape index (κ1) is 20.6. The van der Waals surface area contributed by atoms with Crippen LogP contribution in [0.5, 0.6) is 11.5 Å². The largest absolute Gasteiger partial charge is 0.457 e. The number of nitrogens with two attached hydrogens (primary N) is 1. The number of rotatable bonds is 8. The number of nitrogen functional groups attached to an aromatic ring is 1. The van der Waals surface area contributed by atoms with Gasteiger partial charge in [-0.1, -0.05) is 6.08 Å². The van der Waals surface area contributed by atoms with E-state index in [1.165, 1.54) is 5.70 Å². The molecule has 1 aromatic carbocycles. The van der Waals surface area contributed by atoms with Crippen molar-refractivity contribution in [2.75, 3.05) is 38.4 Å². The number of ether oxygens (including phenoxy) is 2. The average molecular weight is 419 g/mol. The van der Waals surface area contributed by atoms with Crippen LogP contribution in [0, 0.1) is 0 Å². The second-order valence-electron chi connectivity index (χ2n) is 7.27. The van der Waals surface area contributed by atoms with Crippen molar-refractivity contribution in [3.05, 3.63) is 66.3 Å². The molecule has 2 aromatic heterocycles. The van der Waals surface area contributed by atoms with Crippen molar-refractivity contribution in [3.63, 3.8) is 0 Å². The number of allylic oxidation sites excluding steroid dienone is 3. The first-order chi connectivity index (χ1) is 15.1. The molecule has 3 aromatic rings. The standard InChI is InChI=1S/C23H26N6O2/c1-29(11-12-30-2)21-6-4-3-5-20(21)28-23-26-15-16-13-17(7-8-19(16)27-23)31-18-9-10-25-22(24)14-18/h3,5,7-10,13-15H,4,6,11-12H2,1-2H3,(H2,24,25)(H,26,27,28). The van der Waals surface area contributed by atoms with Gasteiger partial charge in [-0.15, -0.1) is 0 Å². The number of anilines is 2. The van der Waals surface area contributed by atoms with Gasteiger partial charge in [0, 0.05) is 50.2 Å². The monoisotopic (exact) mass is 418 g/mol. The lowest BCUT2D eigenvalue weighted by molar-refractivity contribution is 0.172. The summed E-state index contributed by atoms with van der Waals surface area (Å²) in [5.74, 6) is 2.28. The second-order valence-corrected chi connectivity index (χ2v) is 7.27. The molecule has 4 rings (SSSR count). The molecule has 0 aliphatic heterocycles. The maximum atomic E-state index is 5.87. The first-order valence-electron chi connectivity index (χ1n) is 10.2. The third-order valence-corrected chi connectivity index (χ3v) is 5.02. The Bertz CT molecular complexity index is 1130. The smallest absolute Gasteiger partial charge is 0.227 e. The Kier molecular flexibility index (Phi) is 6.28. The minimum Gasteiger partial charge on any atom is -0.457 e. The van der Waals surface area contributed by atoms with Crippen molar-refractivity contribution in [3.8, 4) is 11.5 Å². The van der Waals surface area contributed by atoms with Crippen LogP contribution in [-0.2, 0) is 4.74 Å². The lowest BCUT2D eigenvalue weighted by Gasteiger charge is -2.27. The number of pyridine rings is 1. The van der Waals surface area contributed by atoms with E-state index in [-0.39, 0.29) is 0 Å². The second kappa shape index (κ2) is 9.44. The predicted octanol–water partition coefficient (Wildman–Crippen LogP) is 3.95. The fourth-order valence-electron chi connectivity index (χ4n) is 3.41. The maximum absolute atomic E-state index is 5.87. The molecule has 160 valence electrons. The maximum Gasteiger partial charge on any atom is 0.227 e. The van der Waals surface area contributed by atoms with Crippen LogP contribution in [0.25, 0.3) is 10.9 Å². The van der Waals surface area contributed by atoms with Gasteiger partial charge >= 0.3 is 0 Å². The lowest BCUT2D eigenvalue weighted by Crippen LogP contribution is -2.26. The number of methoxy groups -OCH3 is 1. The van der Waals surface area contributed by atoms with Gasteiger partial charge in [0.15, 0.2) is 0 Å². The lowest BCUT2D eigenvalue weighted by atomic mass is 10.1. The molecule has 0 radical (unpaired) electrons. The minimum atomic E-state index is 0.413. The van der Waals surface area contributed by atoms with E-state index in [0.29, 0.717) is 29.9 Å². The van der Waals surface area contributed by atoms with Crippen LogP contribution in [0.2, 0.25) is 0 Å². The third-order valence-electron chi connectivity index (χ3n) is 5.02. The highest BCUT2D eigenvalue weighted by Gasteiger charge is 2.14. The zero-order chi connectivity index (χ0) is 21.6. The summed E-state index contributed by atoms with van der Waals surface area (Å²) in [5.41, 5.74) is 8.78. The van der Waals surface area contributed by atoms with E-state index < -0.39 is 0 Å². The molecule has 8 nitrogen and oxygen atoms in total. The van der Waals surface area contributed by atoms with E-state index >= 15 is 0 Å². The van der Waals surface area contributed by atoms with Crippen molar-refractivity contribution < 1.29 is 9.47 Å². The van der Waals surface area contributed by atoms with Crippen molar-refractivity contribution in [1.29, 1.82) is 0 Å². The SMILES string of the molecule is COCCN(C)C1=C(Nc2ncc3cc(Oc4ccnc(N)c4)ccc3n2)C=CCC1. The van der Waals surface area contributed by atoms with E-state index in [2.05, 4.69) is 44.4 Å². The zero-order valence-corrected chi connectivity index (χ0v) is 17.7. The highest BCUT2D eigenvalue weighted by atomic mass is 16.5. The summed E-state index contributed by atoms with van der Waals surface area (Å²) >= 11 is 0. The predicted molar refractivity (Wildman–Crippen MR) is 122 cm³/mol. The molecule has 0 unspecified atom stereocenters. The molecule has 31 heavy (non-hydrogen) atoms. The van der Waals surface area contributed by atoms with E-state index in [1.54, 1.807) is 31.6 Å². The Labute approximate surface area is 181 Å². The van der Waals surface area contributed by atoms with Gasteiger partial charge in [0.25, 0.3) is 0 Å². The highest BCUT2D eigenvalue weighted by molar-refractivity contribution is 5.80. The Hall–Kier alpha value is -3.65. The van der Waals surface area contributed by atoms with Crippen LogP contribution in [0.3, 0.4) is 0 Å². The van der Waals surface area contributed by atoms with Crippen molar-refractivity contribution in [2.45, 2.75) is 12.8 Å². The Morgan fingerprint density at radius 2 is 2.03 bits per heavy atom. The van der Waals surface area contributed by atoms with Crippen LogP contribution in [-0.4, -0.2) is 47.2 Å². The van der Waals surface area contributed by atoms with Gasteiger partial charge in [0.1, 0.15) is 17.3 Å². The fourth-order valence-corrected chi connectivity index (χ4v) is 3.41. The molecule has 0 saturated carbocycles. The van der Waals surface area contributed by atoms with Gasteiger partial charge in [-0.2, -0.15) is 0 Å². The molecular weight excluding hydrogens is 392 g/mol. The summed E-state index contributed by atoms with van der Waals surface area (Å²) in [5, 5.41) is 4.26. The number of hydrogen-bond donors (Lipinski definition) is 2. The molecule has 2 heterocycles. The molecule has 0 spiro atoms. The van der Waals surface area contributed by atoms with Crippen LogP contribution in [0.15, 0.2) is 66.3 Å². The van der Waals surface area contributed by atoms with E-state index in [4.69, 9.17) is 15.2 Å². The molecule has 8 heteroatoms. The summed E-state index contributed by atoms with van der Waals surface area (Å²) in [6.45, 7) is 1.51. The van der Waals surface area contributed by atoms with E-state index in [0.717, 1.165) is 36.0 Å². The summed E-state index contributed by atoms with van der Waals surface area (Å²) in [7, 11) is 3.79. The fraction of sp³-hybridized carbons (Fsp3) is 0.261. The molecule has 1 aliphatic carbocycles. The molecule has 3 N–H and O–H groups in total. The quantitative estimate of drug-likeness (QED) is 0.567. The van der Waals surface area contributed by atoms with Crippen molar-refractivity contribution in [1.82, 2.24) is 19.9 Å². The summed E-state index contributed by atoms with van der Waals surface area (Å²) in [4.78, 5) is 15.4. The molecule has 0 bridgehead atoms. The number of nitrogens with zero attached hydrogens (tertiary/aromatic N) is 4. The topological polar surface area (TPSA) is 98.4 Å². The van der Waals surface area contributed by atoms with Crippen LogP contribution in [0.4, 0.5) is 11.8 Å². The van der Waals surface area contributed by atoms with Gasteiger partial charge in [0.2, 0.25) is 5.95 Å². The summed E-state index contributed by atoms with van der Waals surface area (Å²) in [6, 6.07) is 9.13. The summed E-state index contributed by atoms with van der Waals surface area (Å²) < 4.78 is 11.1. The first-order valence-corrected chi connectivity index (χ1v) is 10.2. The van der Waals surface area contributed by atoms with Gasteiger partial charge in [-0.25, -0.2) is 15.0 Å². The Morgan fingerprint density at radius 1 is 1.16 bits per heavy atom. The van der Waals surface area contributed by atoms with Crippen molar-refractivity contribution >= 4 is 22.7 Å². The average Bonchev–Trinajstić information content (AvgIpc) is 2.78. The minimum absolute atomic E-state index is 0.413. The number of aromatic nitrogens is 3. The van der Waals surface area contributed by atoms with Gasteiger partial charge in [-0.05, 0) is 43.2 Å². The van der Waals surface area contributed by atoms with Crippen LogP contribution >= 0.6 is 0 Å². The summed E-state index contributed by atoms with van der Waals surface area (Å²) in [6.07, 6.45) is 9.64. The number of benzene rings is 1.